The molecule has 8 nitrogen and oxygen atoms in total. The summed E-state index contributed by atoms with van der Waals surface area (Å²) in [7, 11) is -3.67. The van der Waals surface area contributed by atoms with Crippen molar-refractivity contribution in [1.82, 2.24) is 4.98 Å². The topological polar surface area (TPSA) is 154 Å². The van der Waals surface area contributed by atoms with E-state index in [1.807, 2.05) is 12.1 Å². The number of benzene rings is 3. The van der Waals surface area contributed by atoms with Crippen LogP contribution in [0.1, 0.15) is 50.5 Å². The quantitative estimate of drug-likeness (QED) is 0.129. The number of unbranched alkanes of at least 4 members (excludes halogenated alkanes) is 5. The Hall–Kier alpha value is -3.53. The van der Waals surface area contributed by atoms with E-state index in [1.54, 1.807) is 0 Å². The molecule has 4 aromatic rings. The number of nitrogens with zero attached hydrogens (tertiary/aromatic N) is 1. The van der Waals surface area contributed by atoms with Crippen molar-refractivity contribution >= 4 is 49.2 Å². The molecule has 0 saturated carbocycles. The molecule has 1 amide bonds. The van der Waals surface area contributed by atoms with Gasteiger partial charge >= 0.3 is 0 Å². The normalized spacial score (nSPS) is 10.9. The number of nitrogens with two attached hydrogens (primary N) is 1. The molecule has 0 aliphatic rings. The molecule has 204 valence electrons. The van der Waals surface area contributed by atoms with Gasteiger partial charge in [0, 0.05) is 22.9 Å². The van der Waals surface area contributed by atoms with Crippen LogP contribution in [-0.2, 0) is 21.3 Å². The van der Waals surface area contributed by atoms with E-state index in [0.29, 0.717) is 12.7 Å². The molecule has 0 aliphatic carbocycles. The molecular formula is C29H37N3O5S. The van der Waals surface area contributed by atoms with Crippen molar-refractivity contribution in [3.8, 4) is 0 Å². The second-order valence-corrected chi connectivity index (χ2v) is 10.6. The van der Waals surface area contributed by atoms with Gasteiger partial charge in [-0.25, -0.2) is 4.98 Å². The Kier molecular flexibility index (Phi) is 12.1. The maximum atomic E-state index is 10.7. The Labute approximate surface area is 224 Å². The van der Waals surface area contributed by atoms with Crippen LogP contribution >= 0.6 is 0 Å². The first-order valence-electron chi connectivity index (χ1n) is 12.5. The van der Waals surface area contributed by atoms with E-state index in [9.17, 15) is 13.2 Å². The van der Waals surface area contributed by atoms with Gasteiger partial charge in [0.2, 0.25) is 5.91 Å². The third kappa shape index (κ3) is 10.5. The zero-order valence-corrected chi connectivity index (χ0v) is 22.5. The van der Waals surface area contributed by atoms with Crippen LogP contribution < -0.4 is 11.1 Å². The van der Waals surface area contributed by atoms with Crippen LogP contribution in [0.2, 0.25) is 0 Å². The van der Waals surface area contributed by atoms with E-state index >= 15 is 0 Å². The van der Waals surface area contributed by atoms with Crippen LogP contribution in [0, 0.1) is 0 Å². The number of hydrogen-bond acceptors (Lipinski definition) is 5. The number of hydrogen-bond donors (Lipinski definition) is 3. The van der Waals surface area contributed by atoms with Gasteiger partial charge in [0.05, 0.1) is 23.0 Å². The summed E-state index contributed by atoms with van der Waals surface area (Å²) in [5, 5.41) is 5.91. The van der Waals surface area contributed by atoms with Crippen LogP contribution in [0.25, 0.3) is 21.8 Å². The molecule has 4 rings (SSSR count). The summed E-state index contributed by atoms with van der Waals surface area (Å²) in [6.45, 7) is 0. The van der Waals surface area contributed by atoms with E-state index < -0.39 is 10.1 Å². The van der Waals surface area contributed by atoms with Gasteiger partial charge in [-0.2, -0.15) is 8.42 Å². The SMILES string of the molecule is CS(=O)(=O)O.NC(=O)CCCCCCCCc1ccc(Nc2c3ccccc3nc3ccccc23)cc1.O. The number of pyridine rings is 1. The van der Waals surface area contributed by atoms with Gasteiger partial charge in [0.15, 0.2) is 0 Å². The van der Waals surface area contributed by atoms with E-state index in [-0.39, 0.29) is 11.4 Å². The first kappa shape index (κ1) is 30.7. The zero-order chi connectivity index (χ0) is 26.7. The summed E-state index contributed by atoms with van der Waals surface area (Å²) >= 11 is 0. The molecule has 0 saturated heterocycles. The number of nitrogens with one attached hydrogen (secondary N) is 1. The minimum atomic E-state index is -3.67. The Morgan fingerprint density at radius 2 is 1.29 bits per heavy atom. The molecule has 0 atom stereocenters. The molecule has 0 spiro atoms. The Morgan fingerprint density at radius 3 is 1.82 bits per heavy atom. The highest BCUT2D eigenvalue weighted by Gasteiger charge is 2.09. The smallest absolute Gasteiger partial charge is 0.261 e. The van der Waals surface area contributed by atoms with Gasteiger partial charge < -0.3 is 16.5 Å². The number of fused-ring (bicyclic) bond motifs is 2. The molecule has 0 aliphatic heterocycles. The second kappa shape index (κ2) is 15.0. The largest absolute Gasteiger partial charge is 0.412 e. The summed E-state index contributed by atoms with van der Waals surface area (Å²) < 4.78 is 25.9. The number of para-hydroxylation sites is 2. The van der Waals surface area contributed by atoms with Crippen molar-refractivity contribution in [1.29, 1.82) is 0 Å². The molecule has 0 radical (unpaired) electrons. The Bertz CT molecular complexity index is 1360. The van der Waals surface area contributed by atoms with Gasteiger partial charge in [0.25, 0.3) is 10.1 Å². The van der Waals surface area contributed by atoms with Crippen LogP contribution in [0.3, 0.4) is 0 Å². The van der Waals surface area contributed by atoms with Crippen LogP contribution in [0.15, 0.2) is 72.8 Å². The number of rotatable bonds is 11. The molecule has 0 fully saturated rings. The number of amides is 1. The van der Waals surface area contributed by atoms with Gasteiger partial charge in [-0.3, -0.25) is 9.35 Å². The van der Waals surface area contributed by atoms with Crippen molar-refractivity contribution in [2.75, 3.05) is 11.6 Å². The number of primary amides is 1. The van der Waals surface area contributed by atoms with Crippen molar-refractivity contribution < 1.29 is 23.2 Å². The summed E-state index contributed by atoms with van der Waals surface area (Å²) in [5.41, 5.74) is 10.7. The lowest BCUT2D eigenvalue weighted by molar-refractivity contribution is -0.118. The lowest BCUT2D eigenvalue weighted by Crippen LogP contribution is -2.09. The number of aryl methyl sites for hydroxylation is 1. The van der Waals surface area contributed by atoms with Crippen LogP contribution in [-0.4, -0.2) is 35.6 Å². The predicted molar refractivity (Wildman–Crippen MR) is 155 cm³/mol. The maximum absolute atomic E-state index is 10.7. The van der Waals surface area contributed by atoms with Gasteiger partial charge in [-0.15, -0.1) is 0 Å². The van der Waals surface area contributed by atoms with Crippen molar-refractivity contribution in [3.63, 3.8) is 0 Å². The molecule has 38 heavy (non-hydrogen) atoms. The fourth-order valence-corrected chi connectivity index (χ4v) is 4.21. The molecule has 0 bridgehead atoms. The van der Waals surface area contributed by atoms with Gasteiger partial charge in [0.1, 0.15) is 0 Å². The van der Waals surface area contributed by atoms with E-state index in [0.717, 1.165) is 52.4 Å². The monoisotopic (exact) mass is 539 g/mol. The highest BCUT2D eigenvalue weighted by Crippen LogP contribution is 2.33. The van der Waals surface area contributed by atoms with E-state index in [4.69, 9.17) is 15.3 Å². The molecular weight excluding hydrogens is 502 g/mol. The van der Waals surface area contributed by atoms with Crippen LogP contribution in [0.5, 0.6) is 0 Å². The highest BCUT2D eigenvalue weighted by atomic mass is 32.2. The number of anilines is 2. The minimum Gasteiger partial charge on any atom is -0.412 e. The van der Waals surface area contributed by atoms with Crippen molar-refractivity contribution in [2.45, 2.75) is 51.4 Å². The Morgan fingerprint density at radius 1 is 0.816 bits per heavy atom. The summed E-state index contributed by atoms with van der Waals surface area (Å²) in [4.78, 5) is 15.6. The fourth-order valence-electron chi connectivity index (χ4n) is 4.21. The fraction of sp³-hybridized carbons (Fsp3) is 0.310. The average molecular weight is 540 g/mol. The van der Waals surface area contributed by atoms with Crippen molar-refractivity contribution in [3.05, 3.63) is 78.4 Å². The molecule has 6 N–H and O–H groups in total. The predicted octanol–water partition coefficient (Wildman–Crippen LogP) is 5.57. The first-order chi connectivity index (χ1) is 17.7. The standard InChI is InChI=1S/C28H31N3O.CH4O3S.H2O/c29-27(32)16-6-4-2-1-3-5-11-21-17-19-22(20-18-21)30-28-23-12-7-9-14-25(23)31-26-15-10-8-13-24(26)28;1-5(2,3)4;/h7-10,12-15,17-20H,1-6,11,16H2,(H2,29,32)(H,30,31);1H3,(H,2,3,4);1H2. The zero-order valence-electron chi connectivity index (χ0n) is 21.7. The highest BCUT2D eigenvalue weighted by molar-refractivity contribution is 7.85. The van der Waals surface area contributed by atoms with Gasteiger partial charge in [-0.05, 0) is 49.1 Å². The lowest BCUT2D eigenvalue weighted by atomic mass is 10.0. The molecule has 1 heterocycles. The molecule has 0 unspecified atom stereocenters. The lowest BCUT2D eigenvalue weighted by Gasteiger charge is -2.13. The van der Waals surface area contributed by atoms with Crippen LogP contribution in [0.4, 0.5) is 11.4 Å². The maximum Gasteiger partial charge on any atom is 0.261 e. The third-order valence-electron chi connectivity index (χ3n) is 5.95. The van der Waals surface area contributed by atoms with Crippen molar-refractivity contribution in [2.24, 2.45) is 5.73 Å². The second-order valence-electron chi connectivity index (χ2n) is 9.16. The van der Waals surface area contributed by atoms with Gasteiger partial charge in [-0.1, -0.05) is 74.2 Å². The van der Waals surface area contributed by atoms with E-state index in [1.165, 1.54) is 31.2 Å². The third-order valence-corrected chi connectivity index (χ3v) is 5.95. The van der Waals surface area contributed by atoms with E-state index in [2.05, 4.69) is 66.0 Å². The first-order valence-corrected chi connectivity index (χ1v) is 14.4. The minimum absolute atomic E-state index is 0. The molecule has 1 aromatic heterocycles. The number of carbonyl (C=O) groups excluding carboxylic acids is 1. The average Bonchev–Trinajstić information content (AvgIpc) is 2.85. The molecule has 3 aromatic carbocycles. The molecule has 9 heteroatoms. The summed E-state index contributed by atoms with van der Waals surface area (Å²) in [5.74, 6) is -0.187. The summed E-state index contributed by atoms with van der Waals surface area (Å²) in [6.07, 6.45) is 9.19. The number of aromatic nitrogens is 1. The number of carbonyl (C=O) groups is 1. The summed E-state index contributed by atoms with van der Waals surface area (Å²) in [6, 6.07) is 25.3. The Balaban J connectivity index is 0.000000774.